The van der Waals surface area contributed by atoms with Crippen molar-refractivity contribution in [1.29, 1.82) is 0 Å². The largest absolute Gasteiger partial charge is 0.504 e. The summed E-state index contributed by atoms with van der Waals surface area (Å²) in [4.78, 5) is 2.10. The van der Waals surface area contributed by atoms with Crippen molar-refractivity contribution in [2.45, 2.75) is 14.7 Å². The molecule has 1 aromatic heterocycles. The number of hydrogen-bond donors (Lipinski definition) is 5. The monoisotopic (exact) mass is 606 g/mol. The Kier molecular flexibility index (Phi) is 7.45. The fourth-order valence-electron chi connectivity index (χ4n) is 3.62. The number of fused-ring (bicyclic) bond motifs is 1. The fraction of sp³-hybridized carbons (Fsp3) is 0. The minimum absolute atomic E-state index is 0.0308. The Morgan fingerprint density at radius 3 is 1.90 bits per heavy atom. The summed E-state index contributed by atoms with van der Waals surface area (Å²) in [5, 5.41) is 18.0. The number of phenolic OH excluding ortho intramolecular Hbond substituents is 1. The van der Waals surface area contributed by atoms with Crippen molar-refractivity contribution in [2.24, 2.45) is 10.2 Å². The Bertz CT molecular complexity index is 2060. The van der Waals surface area contributed by atoms with E-state index in [9.17, 15) is 44.0 Å². The van der Waals surface area contributed by atoms with Gasteiger partial charge in [-0.3, -0.25) is 18.6 Å². The molecule has 0 saturated carbocycles. The maximum absolute atomic E-state index is 12.1. The predicted octanol–water partition coefficient (Wildman–Crippen LogP) is 3.85. The van der Waals surface area contributed by atoms with Crippen molar-refractivity contribution in [2.75, 3.05) is 5.73 Å². The highest BCUT2D eigenvalue weighted by Gasteiger charge is 2.21. The molecule has 0 unspecified atom stereocenters. The fourth-order valence-corrected chi connectivity index (χ4v) is 5.75. The summed E-state index contributed by atoms with van der Waals surface area (Å²) in [6.45, 7) is 0. The molecule has 0 amide bonds. The number of aromatic hydroxyl groups is 1. The van der Waals surface area contributed by atoms with Crippen LogP contribution in [0.15, 0.2) is 85.7 Å². The second kappa shape index (κ2) is 10.4. The molecule has 0 aliphatic carbocycles. The third kappa shape index (κ3) is 6.14. The summed E-state index contributed by atoms with van der Waals surface area (Å²) in [7, 11) is -14.3. The van der Waals surface area contributed by atoms with Crippen LogP contribution in [-0.2, 0) is 30.4 Å². The van der Waals surface area contributed by atoms with Gasteiger partial charge in [0, 0.05) is 17.3 Å². The minimum atomic E-state index is -4.86. The number of nitrogen functional groups attached to an aromatic ring is 1. The molecule has 14 nitrogen and oxygen atoms in total. The molecule has 0 spiro atoms. The summed E-state index contributed by atoms with van der Waals surface area (Å²) in [6, 6.07) is 10.5. The number of pyridine rings is 1. The Labute approximate surface area is 227 Å². The molecule has 1 heterocycles. The van der Waals surface area contributed by atoms with E-state index in [-0.39, 0.29) is 33.4 Å². The minimum Gasteiger partial charge on any atom is -0.504 e. The first-order valence-corrected chi connectivity index (χ1v) is 15.0. The summed E-state index contributed by atoms with van der Waals surface area (Å²) >= 11 is 0. The van der Waals surface area contributed by atoms with Crippen LogP contribution in [0.2, 0.25) is 0 Å². The van der Waals surface area contributed by atoms with Crippen LogP contribution in [-0.4, -0.2) is 49.0 Å². The number of nitrogens with two attached hydrogens (primary N) is 1. The molecule has 208 valence electrons. The third-order valence-electron chi connectivity index (χ3n) is 5.39. The van der Waals surface area contributed by atoms with Gasteiger partial charge in [-0.05, 0) is 53.6 Å². The van der Waals surface area contributed by atoms with Gasteiger partial charge in [0.15, 0.2) is 5.75 Å². The van der Waals surface area contributed by atoms with E-state index in [0.29, 0.717) is 0 Å². The number of hydrogen-bond acceptors (Lipinski definition) is 11. The Morgan fingerprint density at radius 1 is 0.725 bits per heavy atom. The summed E-state index contributed by atoms with van der Waals surface area (Å²) in [5.41, 5.74) is 4.71. The molecule has 0 bridgehead atoms. The van der Waals surface area contributed by atoms with Gasteiger partial charge in [-0.15, -0.1) is 5.11 Å². The third-order valence-corrected chi connectivity index (χ3v) is 8.10. The summed E-state index contributed by atoms with van der Waals surface area (Å²) in [5.74, 6) is -0.570. The van der Waals surface area contributed by atoms with Gasteiger partial charge in [-0.2, -0.15) is 30.4 Å². The molecule has 4 aromatic rings. The Morgan fingerprint density at radius 2 is 1.30 bits per heavy atom. The highest BCUT2D eigenvalue weighted by molar-refractivity contribution is 7.86. The van der Waals surface area contributed by atoms with Gasteiger partial charge in [0.25, 0.3) is 30.4 Å². The quantitative estimate of drug-likeness (QED) is 0.0871. The normalized spacial score (nSPS) is 13.0. The molecule has 3 aromatic carbocycles. The van der Waals surface area contributed by atoms with Crippen molar-refractivity contribution in [1.82, 2.24) is 4.98 Å². The first-order chi connectivity index (χ1) is 18.6. The van der Waals surface area contributed by atoms with Crippen LogP contribution < -0.4 is 5.73 Å². The zero-order valence-electron chi connectivity index (χ0n) is 19.8. The molecule has 0 radical (unpaired) electrons. The molecule has 0 aliphatic rings. The zero-order chi connectivity index (χ0) is 29.5. The van der Waals surface area contributed by atoms with Crippen molar-refractivity contribution < 1.29 is 44.0 Å². The number of anilines is 1. The molecule has 4 rings (SSSR count). The highest BCUT2D eigenvalue weighted by atomic mass is 32.2. The second-order valence-electron chi connectivity index (χ2n) is 8.12. The lowest BCUT2D eigenvalue weighted by atomic mass is 10.1. The van der Waals surface area contributed by atoms with Crippen LogP contribution in [0.1, 0.15) is 11.1 Å². The van der Waals surface area contributed by atoms with Crippen molar-refractivity contribution >= 4 is 70.5 Å². The highest BCUT2D eigenvalue weighted by Crippen LogP contribution is 2.38. The van der Waals surface area contributed by atoms with Crippen LogP contribution in [0.3, 0.4) is 0 Å². The number of rotatable bonds is 7. The molecular weight excluding hydrogens is 588 g/mol. The molecule has 0 aliphatic heterocycles. The van der Waals surface area contributed by atoms with Crippen LogP contribution >= 0.6 is 0 Å². The van der Waals surface area contributed by atoms with Crippen LogP contribution in [0.4, 0.5) is 17.1 Å². The molecule has 0 fully saturated rings. The zero-order valence-corrected chi connectivity index (χ0v) is 22.3. The Balaban J connectivity index is 1.78. The molecule has 6 N–H and O–H groups in total. The molecule has 17 heteroatoms. The number of benzene rings is 3. The lowest BCUT2D eigenvalue weighted by Crippen LogP contribution is -2.02. The number of azo groups is 1. The lowest BCUT2D eigenvalue weighted by Gasteiger charge is -2.08. The van der Waals surface area contributed by atoms with Gasteiger partial charge in [0.1, 0.15) is 25.9 Å². The number of nitrogens with zero attached hydrogens (tertiary/aromatic N) is 3. The van der Waals surface area contributed by atoms with E-state index < -0.39 is 56.5 Å². The maximum atomic E-state index is 12.1. The van der Waals surface area contributed by atoms with E-state index >= 15 is 0 Å². The topological polar surface area (TPSA) is 247 Å². The molecule has 0 saturated heterocycles. The van der Waals surface area contributed by atoms with Gasteiger partial charge < -0.3 is 10.8 Å². The predicted molar refractivity (Wildman–Crippen MR) is 143 cm³/mol. The van der Waals surface area contributed by atoms with Gasteiger partial charge in [0.05, 0.1) is 5.69 Å². The van der Waals surface area contributed by atoms with E-state index in [4.69, 9.17) is 5.73 Å². The molecular formula is C23H18N4O10S3. The van der Waals surface area contributed by atoms with Crippen LogP contribution in [0, 0.1) is 0 Å². The smallest absolute Gasteiger partial charge is 0.295 e. The van der Waals surface area contributed by atoms with E-state index in [1.54, 1.807) is 0 Å². The standard InChI is InChI=1S/C23H18N4O10S3/c24-15-7-5-13(19(10-15)38(29,30)31)3-4-14-6-8-16(11-20(14)39(32,33)34)26-27-18-12-21(40(35,36)37)17-2-1-9-25-22(17)23(18)28/h1-12,28H,24H2,(H,29,30,31)(H,32,33,34)(H,35,36,37). The van der Waals surface area contributed by atoms with Crippen molar-refractivity contribution in [3.63, 3.8) is 0 Å². The number of phenols is 1. The average molecular weight is 607 g/mol. The second-order valence-corrected chi connectivity index (χ2v) is 12.3. The first-order valence-electron chi connectivity index (χ1n) is 10.7. The summed E-state index contributed by atoms with van der Waals surface area (Å²) in [6.07, 6.45) is 3.60. The lowest BCUT2D eigenvalue weighted by molar-refractivity contribution is 0.477. The van der Waals surface area contributed by atoms with Crippen LogP contribution in [0.25, 0.3) is 23.1 Å². The van der Waals surface area contributed by atoms with Gasteiger partial charge in [0.2, 0.25) is 0 Å². The van der Waals surface area contributed by atoms with Gasteiger partial charge >= 0.3 is 0 Å². The van der Waals surface area contributed by atoms with E-state index in [0.717, 1.165) is 24.3 Å². The first kappa shape index (κ1) is 28.7. The van der Waals surface area contributed by atoms with Crippen LogP contribution in [0.5, 0.6) is 5.75 Å². The van der Waals surface area contributed by atoms with Crippen molar-refractivity contribution in [3.05, 3.63) is 71.9 Å². The summed E-state index contributed by atoms with van der Waals surface area (Å²) < 4.78 is 100. The number of aromatic nitrogens is 1. The van der Waals surface area contributed by atoms with Crippen molar-refractivity contribution in [3.8, 4) is 5.75 Å². The van der Waals surface area contributed by atoms with E-state index in [1.165, 1.54) is 48.7 Å². The maximum Gasteiger partial charge on any atom is 0.295 e. The van der Waals surface area contributed by atoms with Gasteiger partial charge in [-0.25, -0.2) is 0 Å². The average Bonchev–Trinajstić information content (AvgIpc) is 2.86. The molecule has 40 heavy (non-hydrogen) atoms. The Hall–Kier alpha value is -4.26. The van der Waals surface area contributed by atoms with E-state index in [2.05, 4.69) is 15.2 Å². The molecule has 0 atom stereocenters. The van der Waals surface area contributed by atoms with Gasteiger partial charge in [-0.1, -0.05) is 24.3 Å². The van der Waals surface area contributed by atoms with E-state index in [1.807, 2.05) is 0 Å². The SMILES string of the molecule is Nc1ccc(C=Cc2ccc(N=Nc3cc(S(=O)(=O)O)c4cccnc4c3O)cc2S(=O)(=O)O)c(S(=O)(=O)O)c1.